The molecule has 17 heavy (non-hydrogen) atoms. The summed E-state index contributed by atoms with van der Waals surface area (Å²) in [5.74, 6) is 1.65. The van der Waals surface area contributed by atoms with Gasteiger partial charge in [-0.1, -0.05) is 25.1 Å². The molecule has 0 bridgehead atoms. The number of nitrogens with zero attached hydrogens (tertiary/aromatic N) is 1. The zero-order valence-corrected chi connectivity index (χ0v) is 10.6. The van der Waals surface area contributed by atoms with Crippen LogP contribution in [-0.2, 0) is 0 Å². The second kappa shape index (κ2) is 6.03. The molecule has 1 atom stereocenters. The van der Waals surface area contributed by atoms with Crippen LogP contribution in [-0.4, -0.2) is 37.7 Å². The van der Waals surface area contributed by atoms with Crippen LogP contribution < -0.4 is 10.5 Å². The van der Waals surface area contributed by atoms with Crippen molar-refractivity contribution >= 4 is 0 Å². The highest BCUT2D eigenvalue weighted by molar-refractivity contribution is 5.37. The van der Waals surface area contributed by atoms with E-state index in [2.05, 4.69) is 30.0 Å². The molecule has 3 heteroatoms. The molecule has 1 heterocycles. The van der Waals surface area contributed by atoms with Gasteiger partial charge in [0.05, 0.1) is 6.61 Å². The zero-order valence-electron chi connectivity index (χ0n) is 10.6. The summed E-state index contributed by atoms with van der Waals surface area (Å²) in [6.45, 7) is 6.91. The van der Waals surface area contributed by atoms with Gasteiger partial charge in [0.25, 0.3) is 0 Å². The third kappa shape index (κ3) is 2.99. The second-order valence-electron chi connectivity index (χ2n) is 4.55. The summed E-state index contributed by atoms with van der Waals surface area (Å²) in [6, 6.07) is 8.40. The van der Waals surface area contributed by atoms with E-state index in [0.717, 1.165) is 45.0 Å². The van der Waals surface area contributed by atoms with Crippen LogP contribution in [0.5, 0.6) is 5.75 Å². The number of rotatable bonds is 5. The predicted octanol–water partition coefficient (Wildman–Crippen LogP) is 1.83. The fourth-order valence-electron chi connectivity index (χ4n) is 2.48. The molecular weight excluding hydrogens is 212 g/mol. The summed E-state index contributed by atoms with van der Waals surface area (Å²) in [4.78, 5) is 2.42. The number of ether oxygens (including phenoxy) is 1. The van der Waals surface area contributed by atoms with Crippen molar-refractivity contribution in [2.45, 2.75) is 19.3 Å². The van der Waals surface area contributed by atoms with Crippen molar-refractivity contribution in [1.29, 1.82) is 0 Å². The average molecular weight is 234 g/mol. The Morgan fingerprint density at radius 2 is 2.24 bits per heavy atom. The molecule has 1 aliphatic heterocycles. The molecular formula is C14H22N2O. The number of para-hydroxylation sites is 1. The van der Waals surface area contributed by atoms with Gasteiger partial charge in [0.15, 0.2) is 0 Å². The van der Waals surface area contributed by atoms with Crippen molar-refractivity contribution in [3.8, 4) is 5.75 Å². The maximum Gasteiger partial charge on any atom is 0.122 e. The highest BCUT2D eigenvalue weighted by atomic mass is 16.5. The minimum atomic E-state index is 0.589. The fourth-order valence-corrected chi connectivity index (χ4v) is 2.48. The van der Waals surface area contributed by atoms with E-state index in [9.17, 15) is 0 Å². The van der Waals surface area contributed by atoms with Crippen molar-refractivity contribution in [1.82, 2.24) is 4.90 Å². The molecule has 0 radical (unpaired) electrons. The Bertz CT molecular complexity index is 354. The maximum atomic E-state index is 5.69. The van der Waals surface area contributed by atoms with E-state index in [4.69, 9.17) is 10.5 Å². The number of likely N-dealkylation sites (N-methyl/N-ethyl adjacent to an activating group) is 1. The van der Waals surface area contributed by atoms with Crippen molar-refractivity contribution in [3.63, 3.8) is 0 Å². The predicted molar refractivity (Wildman–Crippen MR) is 70.5 cm³/mol. The van der Waals surface area contributed by atoms with E-state index < -0.39 is 0 Å². The molecule has 0 saturated heterocycles. The van der Waals surface area contributed by atoms with Crippen LogP contribution in [0.3, 0.4) is 0 Å². The molecule has 1 aliphatic rings. The highest BCUT2D eigenvalue weighted by Gasteiger charge is 2.22. The molecule has 0 saturated carbocycles. The lowest BCUT2D eigenvalue weighted by atomic mass is 9.92. The summed E-state index contributed by atoms with van der Waals surface area (Å²) in [5, 5.41) is 0. The first-order chi connectivity index (χ1) is 8.35. The Morgan fingerprint density at radius 3 is 3.00 bits per heavy atom. The first-order valence-corrected chi connectivity index (χ1v) is 6.49. The normalized spacial score (nSPS) is 18.9. The highest BCUT2D eigenvalue weighted by Crippen LogP contribution is 2.33. The van der Waals surface area contributed by atoms with E-state index >= 15 is 0 Å². The fraction of sp³-hybridized carbons (Fsp3) is 0.571. The van der Waals surface area contributed by atoms with Crippen molar-refractivity contribution in [3.05, 3.63) is 29.8 Å². The van der Waals surface area contributed by atoms with Crippen molar-refractivity contribution in [2.75, 3.05) is 32.8 Å². The van der Waals surface area contributed by atoms with Gasteiger partial charge < -0.3 is 15.4 Å². The molecule has 1 aromatic carbocycles. The molecule has 0 aliphatic carbocycles. The number of hydrogen-bond donors (Lipinski definition) is 1. The van der Waals surface area contributed by atoms with Gasteiger partial charge in [-0.15, -0.1) is 0 Å². The zero-order chi connectivity index (χ0) is 12.1. The number of hydrogen-bond acceptors (Lipinski definition) is 3. The molecule has 1 unspecified atom stereocenters. The average Bonchev–Trinajstić information content (AvgIpc) is 2.38. The molecule has 3 nitrogen and oxygen atoms in total. The van der Waals surface area contributed by atoms with Crippen LogP contribution in [0.2, 0.25) is 0 Å². The van der Waals surface area contributed by atoms with Gasteiger partial charge in [0, 0.05) is 25.6 Å². The van der Waals surface area contributed by atoms with E-state index in [-0.39, 0.29) is 0 Å². The lowest BCUT2D eigenvalue weighted by Gasteiger charge is -2.30. The third-order valence-electron chi connectivity index (χ3n) is 3.45. The molecule has 0 fully saturated rings. The molecule has 94 valence electrons. The van der Waals surface area contributed by atoms with Gasteiger partial charge in [-0.25, -0.2) is 0 Å². The second-order valence-corrected chi connectivity index (χ2v) is 4.55. The lowest BCUT2D eigenvalue weighted by Crippen LogP contribution is -2.34. The monoisotopic (exact) mass is 234 g/mol. The maximum absolute atomic E-state index is 5.69. The smallest absolute Gasteiger partial charge is 0.122 e. The quantitative estimate of drug-likeness (QED) is 0.844. The van der Waals surface area contributed by atoms with Crippen LogP contribution in [0.15, 0.2) is 24.3 Å². The van der Waals surface area contributed by atoms with Crippen molar-refractivity contribution < 1.29 is 4.74 Å². The first kappa shape index (κ1) is 12.4. The van der Waals surface area contributed by atoms with Crippen LogP contribution >= 0.6 is 0 Å². The Labute approximate surface area is 104 Å². The third-order valence-corrected chi connectivity index (χ3v) is 3.45. The molecule has 1 aromatic rings. The Hall–Kier alpha value is -1.06. The summed E-state index contributed by atoms with van der Waals surface area (Å²) in [5.41, 5.74) is 6.99. The van der Waals surface area contributed by atoms with Crippen LogP contribution in [0.1, 0.15) is 24.8 Å². The number of benzene rings is 1. The van der Waals surface area contributed by atoms with Crippen molar-refractivity contribution in [2.24, 2.45) is 5.73 Å². The van der Waals surface area contributed by atoms with Gasteiger partial charge in [-0.2, -0.15) is 0 Å². The molecule has 2 rings (SSSR count). The number of nitrogens with two attached hydrogens (primary N) is 1. The van der Waals surface area contributed by atoms with Crippen LogP contribution in [0, 0.1) is 0 Å². The van der Waals surface area contributed by atoms with Crippen LogP contribution in [0.25, 0.3) is 0 Å². The van der Waals surface area contributed by atoms with Crippen LogP contribution in [0.4, 0.5) is 0 Å². The van der Waals surface area contributed by atoms with Gasteiger partial charge in [0.1, 0.15) is 5.75 Å². The summed E-state index contributed by atoms with van der Waals surface area (Å²) >= 11 is 0. The van der Waals surface area contributed by atoms with Gasteiger partial charge in [-0.05, 0) is 24.6 Å². The van der Waals surface area contributed by atoms with Gasteiger partial charge >= 0.3 is 0 Å². The summed E-state index contributed by atoms with van der Waals surface area (Å²) in [7, 11) is 0. The molecule has 2 N–H and O–H groups in total. The van der Waals surface area contributed by atoms with E-state index in [0.29, 0.717) is 5.92 Å². The molecule has 0 aromatic heterocycles. The standard InChI is InChI=1S/C14H22N2O/c1-2-16(9-8-15)11-12-7-10-17-14-6-4-3-5-13(12)14/h3-6,12H,2,7-11,15H2,1H3. The number of fused-ring (bicyclic) bond motifs is 1. The minimum Gasteiger partial charge on any atom is -0.493 e. The Balaban J connectivity index is 2.07. The van der Waals surface area contributed by atoms with Gasteiger partial charge in [0.2, 0.25) is 0 Å². The summed E-state index contributed by atoms with van der Waals surface area (Å²) < 4.78 is 5.69. The Kier molecular flexibility index (Phi) is 4.40. The first-order valence-electron chi connectivity index (χ1n) is 6.49. The summed E-state index contributed by atoms with van der Waals surface area (Å²) in [6.07, 6.45) is 1.11. The van der Waals surface area contributed by atoms with E-state index in [1.165, 1.54) is 5.56 Å². The minimum absolute atomic E-state index is 0.589. The SMILES string of the molecule is CCN(CCN)CC1CCOc2ccccc21. The Morgan fingerprint density at radius 1 is 1.41 bits per heavy atom. The van der Waals surface area contributed by atoms with Gasteiger partial charge in [-0.3, -0.25) is 0 Å². The molecule has 0 amide bonds. The molecule has 0 spiro atoms. The largest absolute Gasteiger partial charge is 0.493 e. The topological polar surface area (TPSA) is 38.5 Å². The van der Waals surface area contributed by atoms with E-state index in [1.807, 2.05) is 6.07 Å². The van der Waals surface area contributed by atoms with E-state index in [1.54, 1.807) is 0 Å². The lowest BCUT2D eigenvalue weighted by molar-refractivity contribution is 0.219.